The molecule has 0 aliphatic rings. The van der Waals surface area contributed by atoms with Gasteiger partial charge in [0.15, 0.2) is 0 Å². The van der Waals surface area contributed by atoms with E-state index >= 15 is 0 Å². The molecule has 1 unspecified atom stereocenters. The Morgan fingerprint density at radius 2 is 2.27 bits per heavy atom. The molecule has 0 aliphatic carbocycles. The second kappa shape index (κ2) is 7.76. The second-order valence-electron chi connectivity index (χ2n) is 2.10. The van der Waals surface area contributed by atoms with Gasteiger partial charge in [0, 0.05) is 6.54 Å². The topological polar surface area (TPSA) is 47.6 Å². The maximum Gasteiger partial charge on any atom is 0.438 e. The highest BCUT2D eigenvalue weighted by Crippen LogP contribution is 1.92. The first-order chi connectivity index (χ1) is 5.31. The summed E-state index contributed by atoms with van der Waals surface area (Å²) >= 11 is 0. The standard InChI is InChI=1S/C6H14NO3P/c1-2-3-4-5-7-6(8)9-10-11/h2-5,11H2,1H3,(H,7,8). The van der Waals surface area contributed by atoms with Crippen molar-refractivity contribution in [3.63, 3.8) is 0 Å². The molecule has 0 radical (unpaired) electrons. The Morgan fingerprint density at radius 3 is 2.82 bits per heavy atom. The zero-order valence-corrected chi connectivity index (χ0v) is 7.79. The Labute approximate surface area is 68.8 Å². The maximum atomic E-state index is 10.5. The second-order valence-corrected chi connectivity index (χ2v) is 2.29. The lowest BCUT2D eigenvalue weighted by atomic mass is 10.2. The van der Waals surface area contributed by atoms with Crippen LogP contribution in [0.25, 0.3) is 0 Å². The van der Waals surface area contributed by atoms with Crippen LogP contribution in [0.3, 0.4) is 0 Å². The van der Waals surface area contributed by atoms with Crippen molar-refractivity contribution in [2.24, 2.45) is 0 Å². The summed E-state index contributed by atoms with van der Waals surface area (Å²) in [6.45, 7) is 2.74. The molecule has 5 heteroatoms. The SMILES string of the molecule is CCCCCNC(=O)OOP. The molecule has 1 amide bonds. The summed E-state index contributed by atoms with van der Waals surface area (Å²) in [5.41, 5.74) is 0. The summed E-state index contributed by atoms with van der Waals surface area (Å²) in [7, 11) is 1.83. The Bertz CT molecular complexity index is 110. The minimum Gasteiger partial charge on any atom is -0.319 e. The average molecular weight is 179 g/mol. The van der Waals surface area contributed by atoms with Gasteiger partial charge in [0.25, 0.3) is 0 Å². The van der Waals surface area contributed by atoms with Crippen molar-refractivity contribution in [2.45, 2.75) is 26.2 Å². The lowest BCUT2D eigenvalue weighted by Gasteiger charge is -2.01. The average Bonchev–Trinajstić information content (AvgIpc) is 1.99. The van der Waals surface area contributed by atoms with Crippen molar-refractivity contribution < 1.29 is 14.4 Å². The Kier molecular flexibility index (Phi) is 7.52. The van der Waals surface area contributed by atoms with Crippen LogP contribution in [0.5, 0.6) is 0 Å². The van der Waals surface area contributed by atoms with Gasteiger partial charge in [-0.05, 0) is 6.42 Å². The van der Waals surface area contributed by atoms with Crippen LogP contribution in [0.1, 0.15) is 26.2 Å². The molecule has 0 heterocycles. The van der Waals surface area contributed by atoms with Gasteiger partial charge in [-0.1, -0.05) is 19.8 Å². The fraction of sp³-hybridized carbons (Fsp3) is 0.833. The molecular formula is C6H14NO3P. The third-order valence-electron chi connectivity index (χ3n) is 1.17. The van der Waals surface area contributed by atoms with Crippen LogP contribution in [0, 0.1) is 0 Å². The zero-order chi connectivity index (χ0) is 8.53. The molecule has 11 heavy (non-hydrogen) atoms. The molecule has 66 valence electrons. The lowest BCUT2D eigenvalue weighted by Crippen LogP contribution is -2.24. The first-order valence-electron chi connectivity index (χ1n) is 3.62. The van der Waals surface area contributed by atoms with Crippen LogP contribution < -0.4 is 5.32 Å². The van der Waals surface area contributed by atoms with E-state index in [0.717, 1.165) is 19.3 Å². The van der Waals surface area contributed by atoms with Crippen LogP contribution in [0.15, 0.2) is 0 Å². The van der Waals surface area contributed by atoms with Crippen molar-refractivity contribution in [2.75, 3.05) is 6.54 Å². The highest BCUT2D eigenvalue weighted by molar-refractivity contribution is 7.09. The minimum absolute atomic E-state index is 0.545. The van der Waals surface area contributed by atoms with Gasteiger partial charge in [0.05, 0.1) is 9.47 Å². The predicted octanol–water partition coefficient (Wildman–Crippen LogP) is 1.62. The van der Waals surface area contributed by atoms with Crippen LogP contribution in [-0.2, 0) is 9.56 Å². The van der Waals surface area contributed by atoms with Crippen molar-refractivity contribution in [3.05, 3.63) is 0 Å². The molecule has 0 aromatic rings. The molecule has 0 aromatic heterocycles. The maximum absolute atomic E-state index is 10.5. The van der Waals surface area contributed by atoms with Gasteiger partial charge in [-0.15, -0.1) is 0 Å². The summed E-state index contributed by atoms with van der Waals surface area (Å²) in [6.07, 6.45) is 2.68. The number of rotatable bonds is 5. The quantitative estimate of drug-likeness (QED) is 0.302. The molecule has 0 aliphatic heterocycles. The smallest absolute Gasteiger partial charge is 0.319 e. The van der Waals surface area contributed by atoms with E-state index in [2.05, 4.69) is 21.8 Å². The number of hydrogen-bond acceptors (Lipinski definition) is 3. The van der Waals surface area contributed by atoms with Crippen molar-refractivity contribution >= 4 is 15.6 Å². The Hall–Kier alpha value is -0.340. The van der Waals surface area contributed by atoms with Gasteiger partial charge in [-0.25, -0.2) is 4.79 Å². The predicted molar refractivity (Wildman–Crippen MR) is 44.8 cm³/mol. The highest BCUT2D eigenvalue weighted by atomic mass is 31.0. The van der Waals surface area contributed by atoms with Crippen LogP contribution in [-0.4, -0.2) is 12.6 Å². The minimum atomic E-state index is -0.545. The molecule has 0 saturated heterocycles. The Balaban J connectivity index is 3.04. The van der Waals surface area contributed by atoms with Crippen LogP contribution >= 0.6 is 9.47 Å². The third kappa shape index (κ3) is 7.56. The van der Waals surface area contributed by atoms with Gasteiger partial charge in [-0.3, -0.25) is 4.89 Å². The summed E-state index contributed by atoms with van der Waals surface area (Å²) in [5, 5.41) is 2.52. The highest BCUT2D eigenvalue weighted by Gasteiger charge is 1.98. The third-order valence-corrected chi connectivity index (χ3v) is 1.27. The van der Waals surface area contributed by atoms with E-state index in [1.807, 2.05) is 9.47 Å². The fourth-order valence-electron chi connectivity index (χ4n) is 0.639. The van der Waals surface area contributed by atoms with Crippen molar-refractivity contribution in [3.8, 4) is 0 Å². The van der Waals surface area contributed by atoms with Crippen molar-refractivity contribution in [1.29, 1.82) is 0 Å². The Morgan fingerprint density at radius 1 is 1.55 bits per heavy atom. The van der Waals surface area contributed by atoms with E-state index < -0.39 is 6.09 Å². The fourth-order valence-corrected chi connectivity index (χ4v) is 0.726. The van der Waals surface area contributed by atoms with Crippen LogP contribution in [0.4, 0.5) is 4.79 Å². The van der Waals surface area contributed by atoms with E-state index in [9.17, 15) is 4.79 Å². The van der Waals surface area contributed by atoms with E-state index in [1.54, 1.807) is 0 Å². The van der Waals surface area contributed by atoms with Crippen LogP contribution in [0.2, 0.25) is 0 Å². The van der Waals surface area contributed by atoms with E-state index in [4.69, 9.17) is 0 Å². The lowest BCUT2D eigenvalue weighted by molar-refractivity contribution is -0.125. The summed E-state index contributed by atoms with van der Waals surface area (Å²) in [5.74, 6) is 0. The van der Waals surface area contributed by atoms with E-state index in [0.29, 0.717) is 6.54 Å². The monoisotopic (exact) mass is 179 g/mol. The molecule has 0 spiro atoms. The number of amides is 1. The van der Waals surface area contributed by atoms with Gasteiger partial charge >= 0.3 is 6.09 Å². The number of nitrogens with one attached hydrogen (secondary N) is 1. The number of carbonyl (C=O) groups is 1. The molecule has 0 rings (SSSR count). The molecule has 0 fully saturated rings. The number of carbonyl (C=O) groups excluding carboxylic acids is 1. The zero-order valence-electron chi connectivity index (χ0n) is 6.63. The van der Waals surface area contributed by atoms with Gasteiger partial charge in [-0.2, -0.15) is 4.67 Å². The van der Waals surface area contributed by atoms with E-state index in [1.165, 1.54) is 0 Å². The molecule has 1 atom stereocenters. The van der Waals surface area contributed by atoms with Gasteiger partial charge < -0.3 is 5.32 Å². The van der Waals surface area contributed by atoms with Gasteiger partial charge in [0.1, 0.15) is 0 Å². The van der Waals surface area contributed by atoms with Crippen molar-refractivity contribution in [1.82, 2.24) is 5.32 Å². The first-order valence-corrected chi connectivity index (χ1v) is 4.09. The summed E-state index contributed by atoms with van der Waals surface area (Å²) < 4.78 is 4.07. The normalized spacial score (nSPS) is 9.27. The summed E-state index contributed by atoms with van der Waals surface area (Å²) in [4.78, 5) is 14.7. The first kappa shape index (κ1) is 10.7. The number of hydrogen-bond donors (Lipinski definition) is 1. The summed E-state index contributed by atoms with van der Waals surface area (Å²) in [6, 6.07) is 0. The molecule has 0 saturated carbocycles. The number of unbranched alkanes of at least 4 members (excludes halogenated alkanes) is 2. The molecule has 4 nitrogen and oxygen atoms in total. The van der Waals surface area contributed by atoms with Gasteiger partial charge in [0.2, 0.25) is 0 Å². The molecule has 0 aromatic carbocycles. The largest absolute Gasteiger partial charge is 0.438 e. The molecule has 0 bridgehead atoms. The molecular weight excluding hydrogens is 165 g/mol. The molecule has 1 N–H and O–H groups in total. The van der Waals surface area contributed by atoms with E-state index in [-0.39, 0.29) is 0 Å².